The summed E-state index contributed by atoms with van der Waals surface area (Å²) in [6.07, 6.45) is 3.68. The molecule has 2 N–H and O–H groups in total. The van der Waals surface area contributed by atoms with Gasteiger partial charge in [0.25, 0.3) is 0 Å². The highest BCUT2D eigenvalue weighted by molar-refractivity contribution is 5.72. The van der Waals surface area contributed by atoms with Crippen LogP contribution in [0.4, 0.5) is 0 Å². The fourth-order valence-electron chi connectivity index (χ4n) is 1.47. The smallest absolute Gasteiger partial charge is 0.216 e. The standard InChI is InChI=1S/C12H20N2O2/c1-10(13-7-8-14-11(2)15)5-6-12-4-3-9-16-12/h3-4,9-10,13H,5-8H2,1-2H3,(H,14,15). The van der Waals surface area contributed by atoms with Crippen LogP contribution < -0.4 is 10.6 Å². The molecule has 90 valence electrons. The first-order valence-electron chi connectivity index (χ1n) is 5.68. The van der Waals surface area contributed by atoms with Crippen LogP contribution in [-0.2, 0) is 11.2 Å². The Kier molecular flexibility index (Phi) is 5.64. The number of amides is 1. The Morgan fingerprint density at radius 2 is 2.31 bits per heavy atom. The van der Waals surface area contributed by atoms with Crippen LogP contribution in [0.1, 0.15) is 26.0 Å². The maximum atomic E-state index is 10.6. The molecule has 1 heterocycles. The molecule has 0 aromatic carbocycles. The SMILES string of the molecule is CC(=O)NCCNC(C)CCc1ccco1. The topological polar surface area (TPSA) is 54.3 Å². The van der Waals surface area contributed by atoms with Crippen molar-refractivity contribution in [2.75, 3.05) is 13.1 Å². The number of nitrogens with one attached hydrogen (secondary N) is 2. The van der Waals surface area contributed by atoms with Crippen LogP contribution >= 0.6 is 0 Å². The van der Waals surface area contributed by atoms with E-state index in [1.165, 1.54) is 6.92 Å². The van der Waals surface area contributed by atoms with Crippen molar-refractivity contribution in [3.8, 4) is 0 Å². The maximum absolute atomic E-state index is 10.6. The van der Waals surface area contributed by atoms with Crippen molar-refractivity contribution in [2.24, 2.45) is 0 Å². The first kappa shape index (κ1) is 12.8. The minimum atomic E-state index is 0.0186. The van der Waals surface area contributed by atoms with Gasteiger partial charge in [-0.3, -0.25) is 4.79 Å². The van der Waals surface area contributed by atoms with E-state index in [1.54, 1.807) is 6.26 Å². The van der Waals surface area contributed by atoms with Gasteiger partial charge in [-0.05, 0) is 25.5 Å². The zero-order valence-corrected chi connectivity index (χ0v) is 9.95. The summed E-state index contributed by atoms with van der Waals surface area (Å²) in [4.78, 5) is 10.6. The number of carbonyl (C=O) groups is 1. The molecule has 1 rings (SSSR count). The van der Waals surface area contributed by atoms with E-state index < -0.39 is 0 Å². The molecule has 0 saturated carbocycles. The van der Waals surface area contributed by atoms with Gasteiger partial charge in [-0.2, -0.15) is 0 Å². The highest BCUT2D eigenvalue weighted by atomic mass is 16.3. The Morgan fingerprint density at radius 3 is 2.94 bits per heavy atom. The van der Waals surface area contributed by atoms with Gasteiger partial charge in [0.15, 0.2) is 0 Å². The summed E-state index contributed by atoms with van der Waals surface area (Å²) in [5.41, 5.74) is 0. The van der Waals surface area contributed by atoms with Gasteiger partial charge in [0.1, 0.15) is 5.76 Å². The molecule has 0 saturated heterocycles. The van der Waals surface area contributed by atoms with Gasteiger partial charge in [-0.15, -0.1) is 0 Å². The quantitative estimate of drug-likeness (QED) is 0.687. The molecule has 0 aliphatic heterocycles. The van der Waals surface area contributed by atoms with E-state index in [4.69, 9.17) is 4.42 Å². The Hall–Kier alpha value is -1.29. The van der Waals surface area contributed by atoms with Crippen LogP contribution in [0.25, 0.3) is 0 Å². The molecule has 1 atom stereocenters. The molecule has 4 nitrogen and oxygen atoms in total. The molecule has 0 radical (unpaired) electrons. The number of hydrogen-bond acceptors (Lipinski definition) is 3. The van der Waals surface area contributed by atoms with Gasteiger partial charge < -0.3 is 15.1 Å². The van der Waals surface area contributed by atoms with Crippen molar-refractivity contribution in [3.63, 3.8) is 0 Å². The summed E-state index contributed by atoms with van der Waals surface area (Å²) < 4.78 is 5.26. The van der Waals surface area contributed by atoms with Gasteiger partial charge in [0, 0.05) is 32.5 Å². The van der Waals surface area contributed by atoms with Gasteiger partial charge in [0.2, 0.25) is 5.91 Å². The summed E-state index contributed by atoms with van der Waals surface area (Å²) in [6, 6.07) is 4.33. The molecular formula is C12H20N2O2. The second-order valence-electron chi connectivity index (χ2n) is 3.96. The van der Waals surface area contributed by atoms with Crippen LogP contribution in [0.5, 0.6) is 0 Å². The first-order valence-corrected chi connectivity index (χ1v) is 5.68. The van der Waals surface area contributed by atoms with E-state index >= 15 is 0 Å². The van der Waals surface area contributed by atoms with Gasteiger partial charge >= 0.3 is 0 Å². The molecular weight excluding hydrogens is 204 g/mol. The van der Waals surface area contributed by atoms with Crippen LogP contribution in [0, 0.1) is 0 Å². The largest absolute Gasteiger partial charge is 0.469 e. The second kappa shape index (κ2) is 7.06. The molecule has 0 bridgehead atoms. The van der Waals surface area contributed by atoms with Crippen molar-refractivity contribution in [1.29, 1.82) is 0 Å². The lowest BCUT2D eigenvalue weighted by Gasteiger charge is -2.12. The molecule has 0 aliphatic rings. The van der Waals surface area contributed by atoms with Crippen molar-refractivity contribution in [3.05, 3.63) is 24.2 Å². The van der Waals surface area contributed by atoms with Crippen LogP contribution in [-0.4, -0.2) is 25.0 Å². The Bertz CT molecular complexity index is 296. The molecule has 0 spiro atoms. The lowest BCUT2D eigenvalue weighted by Crippen LogP contribution is -2.35. The molecule has 0 aliphatic carbocycles. The zero-order chi connectivity index (χ0) is 11.8. The third-order valence-electron chi connectivity index (χ3n) is 2.40. The van der Waals surface area contributed by atoms with Crippen LogP contribution in [0.2, 0.25) is 0 Å². The molecule has 1 amide bonds. The average molecular weight is 224 g/mol. The predicted molar refractivity (Wildman–Crippen MR) is 63.2 cm³/mol. The molecule has 4 heteroatoms. The zero-order valence-electron chi connectivity index (χ0n) is 9.95. The van der Waals surface area contributed by atoms with E-state index in [-0.39, 0.29) is 5.91 Å². The van der Waals surface area contributed by atoms with Crippen molar-refractivity contribution >= 4 is 5.91 Å². The van der Waals surface area contributed by atoms with E-state index in [9.17, 15) is 4.79 Å². The normalized spacial score (nSPS) is 12.4. The van der Waals surface area contributed by atoms with E-state index in [0.717, 1.165) is 25.1 Å². The molecule has 0 fully saturated rings. The predicted octanol–water partition coefficient (Wildman–Crippen LogP) is 1.33. The summed E-state index contributed by atoms with van der Waals surface area (Å²) in [5.74, 6) is 1.04. The van der Waals surface area contributed by atoms with Crippen molar-refractivity contribution < 1.29 is 9.21 Å². The number of hydrogen-bond donors (Lipinski definition) is 2. The summed E-state index contributed by atoms with van der Waals surface area (Å²) in [5, 5.41) is 6.09. The second-order valence-corrected chi connectivity index (χ2v) is 3.96. The lowest BCUT2D eigenvalue weighted by atomic mass is 10.1. The van der Waals surface area contributed by atoms with E-state index in [1.807, 2.05) is 12.1 Å². The highest BCUT2D eigenvalue weighted by Crippen LogP contribution is 2.05. The minimum absolute atomic E-state index is 0.0186. The molecule has 16 heavy (non-hydrogen) atoms. The highest BCUT2D eigenvalue weighted by Gasteiger charge is 2.03. The maximum Gasteiger partial charge on any atom is 0.216 e. The summed E-state index contributed by atoms with van der Waals surface area (Å²) in [7, 11) is 0. The third-order valence-corrected chi connectivity index (χ3v) is 2.40. The van der Waals surface area contributed by atoms with Crippen LogP contribution in [0.15, 0.2) is 22.8 Å². The molecule has 1 unspecified atom stereocenters. The minimum Gasteiger partial charge on any atom is -0.469 e. The average Bonchev–Trinajstić information content (AvgIpc) is 2.74. The summed E-state index contributed by atoms with van der Waals surface area (Å²) in [6.45, 7) is 5.15. The number of rotatable bonds is 7. The molecule has 1 aromatic heterocycles. The van der Waals surface area contributed by atoms with E-state index in [0.29, 0.717) is 12.6 Å². The Balaban J connectivity index is 2.02. The van der Waals surface area contributed by atoms with Crippen molar-refractivity contribution in [1.82, 2.24) is 10.6 Å². The number of furan rings is 1. The van der Waals surface area contributed by atoms with Crippen LogP contribution in [0.3, 0.4) is 0 Å². The van der Waals surface area contributed by atoms with Crippen molar-refractivity contribution in [2.45, 2.75) is 32.7 Å². The van der Waals surface area contributed by atoms with E-state index in [2.05, 4.69) is 17.6 Å². The number of carbonyl (C=O) groups excluding carboxylic acids is 1. The molecule has 1 aromatic rings. The lowest BCUT2D eigenvalue weighted by molar-refractivity contribution is -0.118. The van der Waals surface area contributed by atoms with Gasteiger partial charge in [-0.25, -0.2) is 0 Å². The Morgan fingerprint density at radius 1 is 1.50 bits per heavy atom. The van der Waals surface area contributed by atoms with Gasteiger partial charge in [0.05, 0.1) is 6.26 Å². The summed E-state index contributed by atoms with van der Waals surface area (Å²) >= 11 is 0. The third kappa shape index (κ3) is 5.56. The Labute approximate surface area is 96.4 Å². The fourth-order valence-corrected chi connectivity index (χ4v) is 1.47. The van der Waals surface area contributed by atoms with Gasteiger partial charge in [-0.1, -0.05) is 0 Å². The monoisotopic (exact) mass is 224 g/mol. The fraction of sp³-hybridized carbons (Fsp3) is 0.583. The first-order chi connectivity index (χ1) is 7.68. The number of aryl methyl sites for hydroxylation is 1.